The quantitative estimate of drug-likeness (QED) is 0.923. The van der Waals surface area contributed by atoms with E-state index in [2.05, 4.69) is 55.3 Å². The van der Waals surface area contributed by atoms with E-state index >= 15 is 0 Å². The Bertz CT molecular complexity index is 607. The van der Waals surface area contributed by atoms with E-state index in [0.29, 0.717) is 12.0 Å². The summed E-state index contributed by atoms with van der Waals surface area (Å²) in [5.74, 6) is 0.683. The Morgan fingerprint density at radius 2 is 1.95 bits per heavy atom. The Morgan fingerprint density at radius 1 is 1.15 bits per heavy atom. The van der Waals surface area contributed by atoms with Gasteiger partial charge in [-0.2, -0.15) is 5.10 Å². The first-order valence-electron chi connectivity index (χ1n) is 7.40. The van der Waals surface area contributed by atoms with Crippen molar-refractivity contribution in [1.82, 2.24) is 15.1 Å². The molecule has 2 heterocycles. The third kappa shape index (κ3) is 2.21. The maximum absolute atomic E-state index is 4.53. The van der Waals surface area contributed by atoms with Crippen LogP contribution < -0.4 is 5.32 Å². The molecule has 1 atom stereocenters. The van der Waals surface area contributed by atoms with Crippen LogP contribution in [-0.4, -0.2) is 16.3 Å². The van der Waals surface area contributed by atoms with Gasteiger partial charge in [-0.15, -0.1) is 0 Å². The summed E-state index contributed by atoms with van der Waals surface area (Å²) in [4.78, 5) is 0. The highest BCUT2D eigenvalue weighted by Crippen LogP contribution is 2.44. The predicted octanol–water partition coefficient (Wildman–Crippen LogP) is 3.94. The van der Waals surface area contributed by atoms with Gasteiger partial charge in [0.05, 0.1) is 22.1 Å². The molecular weight excluding hydrogens is 314 g/mol. The lowest BCUT2D eigenvalue weighted by atomic mass is 10.1. The second kappa shape index (κ2) is 5.01. The Kier molecular flexibility index (Phi) is 3.15. The smallest absolute Gasteiger partial charge is 0.0649 e. The molecule has 1 saturated carbocycles. The van der Waals surface area contributed by atoms with E-state index in [4.69, 9.17) is 0 Å². The fraction of sp³-hybridized carbons (Fsp3) is 0.438. The number of rotatable bonds is 3. The number of halogens is 1. The molecule has 1 aliphatic carbocycles. The van der Waals surface area contributed by atoms with Gasteiger partial charge in [-0.3, -0.25) is 0 Å². The average molecular weight is 332 g/mol. The van der Waals surface area contributed by atoms with Gasteiger partial charge in [0.2, 0.25) is 0 Å². The molecule has 1 N–H and O–H groups in total. The lowest BCUT2D eigenvalue weighted by Crippen LogP contribution is -2.12. The van der Waals surface area contributed by atoms with Gasteiger partial charge in [-0.05, 0) is 65.9 Å². The molecule has 1 saturated heterocycles. The number of aromatic nitrogens is 2. The van der Waals surface area contributed by atoms with Crippen LogP contribution in [-0.2, 0) is 0 Å². The molecular formula is C16H18BrN3. The number of nitrogens with zero attached hydrogens (tertiary/aromatic N) is 2. The van der Waals surface area contributed by atoms with Crippen molar-refractivity contribution < 1.29 is 0 Å². The molecule has 4 rings (SSSR count). The van der Waals surface area contributed by atoms with E-state index in [0.717, 1.165) is 11.0 Å². The summed E-state index contributed by atoms with van der Waals surface area (Å²) in [5, 5.41) is 8.07. The summed E-state index contributed by atoms with van der Waals surface area (Å²) in [6.45, 7) is 1.14. The standard InChI is InChI=1S/C16H18BrN3/c17-14-10-19-20(16(14)12-3-4-12)13-7-5-11(6-8-13)15-2-1-9-18-15/h5-8,10,12,15,18H,1-4,9H2. The summed E-state index contributed by atoms with van der Waals surface area (Å²) in [6, 6.07) is 9.41. The average Bonchev–Trinajstić information content (AvgIpc) is 3.02. The van der Waals surface area contributed by atoms with Crippen LogP contribution in [0.2, 0.25) is 0 Å². The molecule has 20 heavy (non-hydrogen) atoms. The first kappa shape index (κ1) is 12.6. The van der Waals surface area contributed by atoms with Crippen LogP contribution >= 0.6 is 15.9 Å². The van der Waals surface area contributed by atoms with Gasteiger partial charge >= 0.3 is 0 Å². The summed E-state index contributed by atoms with van der Waals surface area (Å²) in [5.41, 5.74) is 3.89. The zero-order valence-electron chi connectivity index (χ0n) is 11.3. The molecule has 104 valence electrons. The molecule has 0 radical (unpaired) electrons. The van der Waals surface area contributed by atoms with Crippen LogP contribution in [0.5, 0.6) is 0 Å². The van der Waals surface area contributed by atoms with E-state index in [1.165, 1.54) is 42.6 Å². The van der Waals surface area contributed by atoms with Crippen LogP contribution in [0.25, 0.3) is 5.69 Å². The summed E-state index contributed by atoms with van der Waals surface area (Å²) in [6.07, 6.45) is 7.02. The number of hydrogen-bond donors (Lipinski definition) is 1. The van der Waals surface area contributed by atoms with E-state index < -0.39 is 0 Å². The molecule has 1 aromatic heterocycles. The monoisotopic (exact) mass is 331 g/mol. The molecule has 1 unspecified atom stereocenters. The van der Waals surface area contributed by atoms with E-state index in [-0.39, 0.29) is 0 Å². The molecule has 0 spiro atoms. The highest BCUT2D eigenvalue weighted by atomic mass is 79.9. The van der Waals surface area contributed by atoms with Gasteiger partial charge in [0.1, 0.15) is 0 Å². The Balaban J connectivity index is 1.65. The van der Waals surface area contributed by atoms with Crippen LogP contribution in [0, 0.1) is 0 Å². The molecule has 0 bridgehead atoms. The topological polar surface area (TPSA) is 29.9 Å². The van der Waals surface area contributed by atoms with Crippen LogP contribution in [0.4, 0.5) is 0 Å². The normalized spacial score (nSPS) is 22.4. The van der Waals surface area contributed by atoms with Crippen LogP contribution in [0.1, 0.15) is 48.9 Å². The third-order valence-corrected chi connectivity index (χ3v) is 4.93. The van der Waals surface area contributed by atoms with Crippen molar-refractivity contribution in [2.45, 2.75) is 37.6 Å². The molecule has 1 aliphatic heterocycles. The highest BCUT2D eigenvalue weighted by Gasteiger charge is 2.30. The summed E-state index contributed by atoms with van der Waals surface area (Å²) < 4.78 is 3.23. The van der Waals surface area contributed by atoms with Gasteiger partial charge in [0.15, 0.2) is 0 Å². The van der Waals surface area contributed by atoms with Crippen LogP contribution in [0.3, 0.4) is 0 Å². The summed E-state index contributed by atoms with van der Waals surface area (Å²) in [7, 11) is 0. The molecule has 4 heteroatoms. The predicted molar refractivity (Wildman–Crippen MR) is 83.2 cm³/mol. The van der Waals surface area contributed by atoms with Crippen molar-refractivity contribution in [2.75, 3.05) is 6.54 Å². The van der Waals surface area contributed by atoms with Crippen molar-refractivity contribution in [3.05, 3.63) is 46.2 Å². The van der Waals surface area contributed by atoms with Gasteiger partial charge in [0.25, 0.3) is 0 Å². The van der Waals surface area contributed by atoms with Crippen molar-refractivity contribution in [1.29, 1.82) is 0 Å². The summed E-state index contributed by atoms with van der Waals surface area (Å²) >= 11 is 3.63. The second-order valence-electron chi connectivity index (χ2n) is 5.80. The Morgan fingerprint density at radius 3 is 2.60 bits per heavy atom. The maximum atomic E-state index is 4.53. The minimum absolute atomic E-state index is 0.538. The first-order chi connectivity index (χ1) is 9.83. The third-order valence-electron chi connectivity index (χ3n) is 4.32. The van der Waals surface area contributed by atoms with Gasteiger partial charge in [-0.1, -0.05) is 12.1 Å². The molecule has 0 amide bonds. The first-order valence-corrected chi connectivity index (χ1v) is 8.19. The molecule has 2 aliphatic rings. The number of benzene rings is 1. The Hall–Kier alpha value is -1.13. The fourth-order valence-corrected chi connectivity index (χ4v) is 3.67. The molecule has 2 aromatic rings. The van der Waals surface area contributed by atoms with Crippen LogP contribution in [0.15, 0.2) is 34.9 Å². The lowest BCUT2D eigenvalue weighted by Gasteiger charge is -2.12. The lowest BCUT2D eigenvalue weighted by molar-refractivity contribution is 0.647. The number of hydrogen-bond acceptors (Lipinski definition) is 2. The minimum atomic E-state index is 0.538. The van der Waals surface area contributed by atoms with Gasteiger partial charge < -0.3 is 5.32 Å². The van der Waals surface area contributed by atoms with Crippen molar-refractivity contribution in [3.63, 3.8) is 0 Å². The molecule has 1 aromatic carbocycles. The van der Waals surface area contributed by atoms with Gasteiger partial charge in [-0.25, -0.2) is 4.68 Å². The fourth-order valence-electron chi connectivity index (χ4n) is 3.09. The van der Waals surface area contributed by atoms with Crippen molar-refractivity contribution in [2.24, 2.45) is 0 Å². The zero-order chi connectivity index (χ0) is 13.5. The SMILES string of the molecule is Brc1cnn(-c2ccc(C3CCCN3)cc2)c1C1CC1. The molecule has 3 nitrogen and oxygen atoms in total. The number of nitrogens with one attached hydrogen (secondary N) is 1. The van der Waals surface area contributed by atoms with Crippen molar-refractivity contribution >= 4 is 15.9 Å². The second-order valence-corrected chi connectivity index (χ2v) is 6.66. The molecule has 2 fully saturated rings. The largest absolute Gasteiger partial charge is 0.310 e. The van der Waals surface area contributed by atoms with Gasteiger partial charge in [0, 0.05) is 12.0 Å². The van der Waals surface area contributed by atoms with E-state index in [1.807, 2.05) is 6.20 Å². The van der Waals surface area contributed by atoms with E-state index in [9.17, 15) is 0 Å². The highest BCUT2D eigenvalue weighted by molar-refractivity contribution is 9.10. The van der Waals surface area contributed by atoms with Crippen molar-refractivity contribution in [3.8, 4) is 5.69 Å². The minimum Gasteiger partial charge on any atom is -0.310 e. The maximum Gasteiger partial charge on any atom is 0.0649 e. The zero-order valence-corrected chi connectivity index (χ0v) is 12.9. The van der Waals surface area contributed by atoms with E-state index in [1.54, 1.807) is 0 Å². The Labute approximate surface area is 127 Å².